The first-order chi connectivity index (χ1) is 8.18. The second-order valence-electron chi connectivity index (χ2n) is 3.92. The molecule has 1 aliphatic rings. The van der Waals surface area contributed by atoms with Crippen LogP contribution in [0.25, 0.3) is 0 Å². The van der Waals surface area contributed by atoms with Crippen molar-refractivity contribution < 1.29 is 9.53 Å². The maximum Gasteiger partial charge on any atom is 0.198 e. The summed E-state index contributed by atoms with van der Waals surface area (Å²) in [5.41, 5.74) is 1.46. The molecule has 1 heterocycles. The molecular formula is C13H14ClNO2. The van der Waals surface area contributed by atoms with Gasteiger partial charge in [0, 0.05) is 0 Å². The Morgan fingerprint density at radius 1 is 1.41 bits per heavy atom. The van der Waals surface area contributed by atoms with Crippen LogP contribution in [0, 0.1) is 0 Å². The first-order valence-corrected chi connectivity index (χ1v) is 5.94. The van der Waals surface area contributed by atoms with Gasteiger partial charge in [-0.25, -0.2) is 0 Å². The van der Waals surface area contributed by atoms with E-state index in [0.29, 0.717) is 23.1 Å². The maximum absolute atomic E-state index is 11.5. The van der Waals surface area contributed by atoms with Crippen LogP contribution in [0.4, 0.5) is 5.69 Å². The SMILES string of the molecule is CC(=O)C1=C(Nc2ccccc2Cl)OCCC1. The van der Waals surface area contributed by atoms with Crippen LogP contribution in [0.3, 0.4) is 0 Å². The fourth-order valence-corrected chi connectivity index (χ4v) is 1.94. The summed E-state index contributed by atoms with van der Waals surface area (Å²) in [6, 6.07) is 7.38. The van der Waals surface area contributed by atoms with E-state index >= 15 is 0 Å². The fourth-order valence-electron chi connectivity index (χ4n) is 1.76. The highest BCUT2D eigenvalue weighted by Gasteiger charge is 2.18. The molecule has 1 aromatic rings. The summed E-state index contributed by atoms with van der Waals surface area (Å²) in [5.74, 6) is 0.580. The number of nitrogens with one attached hydrogen (secondary N) is 1. The lowest BCUT2D eigenvalue weighted by Gasteiger charge is -2.21. The van der Waals surface area contributed by atoms with Gasteiger partial charge >= 0.3 is 0 Å². The van der Waals surface area contributed by atoms with Crippen LogP contribution in [-0.2, 0) is 9.53 Å². The van der Waals surface area contributed by atoms with Crippen molar-refractivity contribution in [3.8, 4) is 0 Å². The highest BCUT2D eigenvalue weighted by molar-refractivity contribution is 6.33. The number of carbonyl (C=O) groups is 1. The van der Waals surface area contributed by atoms with Crippen molar-refractivity contribution in [1.29, 1.82) is 0 Å². The van der Waals surface area contributed by atoms with Crippen LogP contribution in [0.2, 0.25) is 5.02 Å². The van der Waals surface area contributed by atoms with Crippen LogP contribution in [0.1, 0.15) is 19.8 Å². The summed E-state index contributed by atoms with van der Waals surface area (Å²) >= 11 is 6.05. The van der Waals surface area contributed by atoms with Gasteiger partial charge < -0.3 is 10.1 Å². The number of anilines is 1. The average Bonchev–Trinajstić information content (AvgIpc) is 2.32. The van der Waals surface area contributed by atoms with Gasteiger partial charge in [-0.05, 0) is 31.9 Å². The third-order valence-corrected chi connectivity index (χ3v) is 2.97. The molecule has 0 saturated carbocycles. The minimum Gasteiger partial charge on any atom is -0.479 e. The standard InChI is InChI=1S/C13H14ClNO2/c1-9(16)10-5-4-8-17-13(10)15-12-7-3-2-6-11(12)14/h2-3,6-7,15H,4-5,8H2,1H3. The molecule has 3 nitrogen and oxygen atoms in total. The molecule has 1 N–H and O–H groups in total. The minimum absolute atomic E-state index is 0.0410. The number of allylic oxidation sites excluding steroid dienone is 1. The minimum atomic E-state index is 0.0410. The van der Waals surface area contributed by atoms with Crippen molar-refractivity contribution in [3.63, 3.8) is 0 Å². The Kier molecular flexibility index (Phi) is 3.69. The molecule has 0 saturated heterocycles. The number of hydrogen-bond donors (Lipinski definition) is 1. The number of rotatable bonds is 3. The fraction of sp³-hybridized carbons (Fsp3) is 0.308. The highest BCUT2D eigenvalue weighted by Crippen LogP contribution is 2.26. The Labute approximate surface area is 105 Å². The number of halogens is 1. The van der Waals surface area contributed by atoms with E-state index in [2.05, 4.69) is 5.32 Å². The lowest BCUT2D eigenvalue weighted by Crippen LogP contribution is -2.17. The molecule has 0 fully saturated rings. The van der Waals surface area contributed by atoms with E-state index in [4.69, 9.17) is 16.3 Å². The molecule has 1 aliphatic heterocycles. The molecule has 2 rings (SSSR count). The van der Waals surface area contributed by atoms with Gasteiger partial charge in [0.1, 0.15) is 0 Å². The summed E-state index contributed by atoms with van der Waals surface area (Å²) in [6.45, 7) is 2.18. The maximum atomic E-state index is 11.5. The molecule has 0 radical (unpaired) electrons. The molecule has 0 atom stereocenters. The second-order valence-corrected chi connectivity index (χ2v) is 4.33. The number of ketones is 1. The van der Waals surface area contributed by atoms with Gasteiger partial charge in [-0.1, -0.05) is 23.7 Å². The third-order valence-electron chi connectivity index (χ3n) is 2.64. The molecule has 0 bridgehead atoms. The zero-order valence-corrected chi connectivity index (χ0v) is 10.4. The lowest BCUT2D eigenvalue weighted by molar-refractivity contribution is -0.114. The van der Waals surface area contributed by atoms with Crippen molar-refractivity contribution in [3.05, 3.63) is 40.7 Å². The van der Waals surface area contributed by atoms with E-state index in [1.165, 1.54) is 0 Å². The Hall–Kier alpha value is -1.48. The molecule has 0 aliphatic carbocycles. The van der Waals surface area contributed by atoms with E-state index < -0.39 is 0 Å². The predicted octanol–water partition coefficient (Wildman–Crippen LogP) is 3.36. The zero-order chi connectivity index (χ0) is 12.3. The Balaban J connectivity index is 2.27. The van der Waals surface area contributed by atoms with Gasteiger partial charge in [0.25, 0.3) is 0 Å². The van der Waals surface area contributed by atoms with Gasteiger partial charge in [-0.3, -0.25) is 4.79 Å². The third kappa shape index (κ3) is 2.80. The summed E-state index contributed by atoms with van der Waals surface area (Å²) in [6.07, 6.45) is 1.63. The van der Waals surface area contributed by atoms with Crippen LogP contribution < -0.4 is 5.32 Å². The number of Topliss-reactive ketones (excluding diaryl/α,β-unsaturated/α-hetero) is 1. The zero-order valence-electron chi connectivity index (χ0n) is 9.63. The quantitative estimate of drug-likeness (QED) is 0.895. The molecule has 17 heavy (non-hydrogen) atoms. The molecule has 0 aromatic heterocycles. The van der Waals surface area contributed by atoms with Gasteiger partial charge in [0.2, 0.25) is 0 Å². The number of carbonyl (C=O) groups excluding carboxylic acids is 1. The largest absolute Gasteiger partial charge is 0.479 e. The topological polar surface area (TPSA) is 38.3 Å². The van der Waals surface area contributed by atoms with Crippen molar-refractivity contribution in [2.24, 2.45) is 0 Å². The second kappa shape index (κ2) is 5.23. The Morgan fingerprint density at radius 3 is 2.88 bits per heavy atom. The monoisotopic (exact) mass is 251 g/mol. The molecule has 0 unspecified atom stereocenters. The van der Waals surface area contributed by atoms with E-state index in [0.717, 1.165) is 18.5 Å². The average molecular weight is 252 g/mol. The van der Waals surface area contributed by atoms with E-state index in [9.17, 15) is 4.79 Å². The summed E-state index contributed by atoms with van der Waals surface area (Å²) in [7, 11) is 0. The van der Waals surface area contributed by atoms with Crippen molar-refractivity contribution >= 4 is 23.1 Å². The van der Waals surface area contributed by atoms with Gasteiger partial charge in [-0.2, -0.15) is 0 Å². The molecule has 0 amide bonds. The van der Waals surface area contributed by atoms with E-state index in [-0.39, 0.29) is 5.78 Å². The van der Waals surface area contributed by atoms with E-state index in [1.54, 1.807) is 13.0 Å². The summed E-state index contributed by atoms with van der Waals surface area (Å²) in [5, 5.41) is 3.69. The van der Waals surface area contributed by atoms with Gasteiger partial charge in [0.05, 0.1) is 22.9 Å². The Morgan fingerprint density at radius 2 is 2.18 bits per heavy atom. The summed E-state index contributed by atoms with van der Waals surface area (Å²) in [4.78, 5) is 11.5. The lowest BCUT2D eigenvalue weighted by atomic mass is 10.1. The Bertz CT molecular complexity index is 468. The molecule has 1 aromatic carbocycles. The van der Waals surface area contributed by atoms with E-state index in [1.807, 2.05) is 18.2 Å². The molecule has 0 spiro atoms. The summed E-state index contributed by atoms with van der Waals surface area (Å²) < 4.78 is 5.50. The van der Waals surface area contributed by atoms with Crippen LogP contribution in [0.15, 0.2) is 35.7 Å². The van der Waals surface area contributed by atoms with Crippen molar-refractivity contribution in [2.45, 2.75) is 19.8 Å². The normalized spacial score (nSPS) is 15.4. The molecule has 4 heteroatoms. The molecular weight excluding hydrogens is 238 g/mol. The smallest absolute Gasteiger partial charge is 0.198 e. The number of hydrogen-bond acceptors (Lipinski definition) is 3. The highest BCUT2D eigenvalue weighted by atomic mass is 35.5. The van der Waals surface area contributed by atoms with Crippen LogP contribution in [-0.4, -0.2) is 12.4 Å². The van der Waals surface area contributed by atoms with Crippen molar-refractivity contribution in [1.82, 2.24) is 0 Å². The van der Waals surface area contributed by atoms with Gasteiger partial charge in [-0.15, -0.1) is 0 Å². The van der Waals surface area contributed by atoms with Crippen molar-refractivity contribution in [2.75, 3.05) is 11.9 Å². The first kappa shape index (κ1) is 12.0. The number of para-hydroxylation sites is 1. The predicted molar refractivity (Wildman–Crippen MR) is 68.0 cm³/mol. The number of ether oxygens (including phenoxy) is 1. The van der Waals surface area contributed by atoms with Gasteiger partial charge in [0.15, 0.2) is 11.7 Å². The first-order valence-electron chi connectivity index (χ1n) is 5.57. The van der Waals surface area contributed by atoms with Crippen LogP contribution in [0.5, 0.6) is 0 Å². The van der Waals surface area contributed by atoms with Crippen LogP contribution >= 0.6 is 11.6 Å². The number of benzene rings is 1. The molecule has 90 valence electrons.